The number of amides is 1. The van der Waals surface area contributed by atoms with Crippen LogP contribution in [0.3, 0.4) is 0 Å². The highest BCUT2D eigenvalue weighted by atomic mass is 16.5. The molecule has 3 aromatic rings. The Balaban J connectivity index is 1.73. The number of methoxy groups -OCH3 is 3. The molecule has 0 saturated carbocycles. The average Bonchev–Trinajstić information content (AvgIpc) is 3.29. The van der Waals surface area contributed by atoms with Gasteiger partial charge in [0.15, 0.2) is 11.5 Å². The molecule has 0 spiro atoms. The minimum atomic E-state index is -0.434. The monoisotopic (exact) mass is 424 g/mol. The van der Waals surface area contributed by atoms with E-state index in [0.29, 0.717) is 40.9 Å². The molecule has 0 saturated heterocycles. The van der Waals surface area contributed by atoms with Crippen LogP contribution in [0.5, 0.6) is 23.0 Å². The molecule has 9 heteroatoms. The Morgan fingerprint density at radius 2 is 1.77 bits per heavy atom. The molecule has 3 rings (SSSR count). The molecule has 2 N–H and O–H groups in total. The second-order valence-electron chi connectivity index (χ2n) is 6.25. The predicted octanol–water partition coefficient (Wildman–Crippen LogP) is 3.27. The van der Waals surface area contributed by atoms with Gasteiger partial charge in [-0.2, -0.15) is 10.2 Å². The van der Waals surface area contributed by atoms with Crippen molar-refractivity contribution >= 4 is 12.1 Å². The molecule has 31 heavy (non-hydrogen) atoms. The molecular formula is C22H24N4O5. The summed E-state index contributed by atoms with van der Waals surface area (Å²) in [6.07, 6.45) is 1.48. The van der Waals surface area contributed by atoms with E-state index >= 15 is 0 Å². The van der Waals surface area contributed by atoms with Crippen LogP contribution in [0.15, 0.2) is 47.6 Å². The van der Waals surface area contributed by atoms with Crippen molar-refractivity contribution in [3.05, 3.63) is 53.7 Å². The van der Waals surface area contributed by atoms with E-state index in [9.17, 15) is 4.79 Å². The van der Waals surface area contributed by atoms with Crippen molar-refractivity contribution in [1.29, 1.82) is 0 Å². The summed E-state index contributed by atoms with van der Waals surface area (Å²) in [5.41, 5.74) is 4.79. The number of carbonyl (C=O) groups excluding carboxylic acids is 1. The summed E-state index contributed by atoms with van der Waals surface area (Å²) in [5.74, 6) is 1.71. The second-order valence-corrected chi connectivity index (χ2v) is 6.25. The number of hydrogen-bond donors (Lipinski definition) is 2. The molecule has 1 amide bonds. The molecule has 1 heterocycles. The fraction of sp³-hybridized carbons (Fsp3) is 0.227. The van der Waals surface area contributed by atoms with Gasteiger partial charge < -0.3 is 18.9 Å². The number of hydrazone groups is 1. The minimum absolute atomic E-state index is 0.267. The largest absolute Gasteiger partial charge is 0.493 e. The summed E-state index contributed by atoms with van der Waals surface area (Å²) < 4.78 is 21.5. The Labute approximate surface area is 180 Å². The summed E-state index contributed by atoms with van der Waals surface area (Å²) in [7, 11) is 4.58. The van der Waals surface area contributed by atoms with Crippen molar-refractivity contribution in [1.82, 2.24) is 15.6 Å². The lowest BCUT2D eigenvalue weighted by Crippen LogP contribution is -2.18. The molecular weight excluding hydrogens is 400 g/mol. The lowest BCUT2D eigenvalue weighted by atomic mass is 10.1. The fourth-order valence-corrected chi connectivity index (χ4v) is 2.94. The van der Waals surface area contributed by atoms with Gasteiger partial charge in [0.2, 0.25) is 5.75 Å². The van der Waals surface area contributed by atoms with E-state index in [0.717, 1.165) is 5.56 Å². The summed E-state index contributed by atoms with van der Waals surface area (Å²) in [4.78, 5) is 12.4. The van der Waals surface area contributed by atoms with Crippen LogP contribution in [0.2, 0.25) is 0 Å². The zero-order valence-corrected chi connectivity index (χ0v) is 17.8. The average molecular weight is 424 g/mol. The Hall–Kier alpha value is -4.01. The molecule has 0 aliphatic heterocycles. The van der Waals surface area contributed by atoms with Crippen molar-refractivity contribution in [2.45, 2.75) is 6.92 Å². The molecule has 0 aliphatic carbocycles. The number of nitrogens with one attached hydrogen (secondary N) is 2. The highest BCUT2D eigenvalue weighted by molar-refractivity contribution is 5.94. The number of para-hydroxylation sites is 1. The number of carbonyl (C=O) groups is 1. The fourth-order valence-electron chi connectivity index (χ4n) is 2.94. The minimum Gasteiger partial charge on any atom is -0.493 e. The van der Waals surface area contributed by atoms with Gasteiger partial charge in [0.05, 0.1) is 39.8 Å². The first kappa shape index (κ1) is 21.7. The van der Waals surface area contributed by atoms with Crippen molar-refractivity contribution in [3.8, 4) is 34.3 Å². The highest BCUT2D eigenvalue weighted by Crippen LogP contribution is 2.37. The maximum absolute atomic E-state index is 12.4. The summed E-state index contributed by atoms with van der Waals surface area (Å²) in [6, 6.07) is 12.6. The molecule has 0 unspecified atom stereocenters. The van der Waals surface area contributed by atoms with Crippen LogP contribution in [0.4, 0.5) is 0 Å². The topological polar surface area (TPSA) is 107 Å². The molecule has 0 radical (unpaired) electrons. The van der Waals surface area contributed by atoms with Crippen LogP contribution >= 0.6 is 0 Å². The third kappa shape index (κ3) is 4.95. The lowest BCUT2D eigenvalue weighted by Gasteiger charge is -2.12. The van der Waals surface area contributed by atoms with Gasteiger partial charge in [-0.1, -0.05) is 12.1 Å². The zero-order chi connectivity index (χ0) is 22.2. The van der Waals surface area contributed by atoms with Crippen LogP contribution in [-0.4, -0.2) is 50.3 Å². The van der Waals surface area contributed by atoms with Crippen LogP contribution < -0.4 is 24.4 Å². The van der Waals surface area contributed by atoms with Gasteiger partial charge in [0, 0.05) is 11.1 Å². The van der Waals surface area contributed by atoms with Gasteiger partial charge in [0.1, 0.15) is 11.4 Å². The molecule has 0 fully saturated rings. The Morgan fingerprint density at radius 3 is 2.42 bits per heavy atom. The van der Waals surface area contributed by atoms with E-state index in [-0.39, 0.29) is 5.69 Å². The van der Waals surface area contributed by atoms with Crippen molar-refractivity contribution in [2.75, 3.05) is 27.9 Å². The number of rotatable bonds is 9. The molecule has 0 aliphatic rings. The van der Waals surface area contributed by atoms with Crippen LogP contribution in [-0.2, 0) is 0 Å². The van der Waals surface area contributed by atoms with Gasteiger partial charge in [0.25, 0.3) is 5.91 Å². The molecule has 0 atom stereocenters. The Kier molecular flexibility index (Phi) is 7.10. The SMILES string of the molecule is CCOc1ccccc1-c1cc(C(=O)N/N=C\c2cc(OC)c(OC)c(OC)c2)[nH]n1. The van der Waals surface area contributed by atoms with E-state index in [4.69, 9.17) is 18.9 Å². The molecule has 162 valence electrons. The van der Waals surface area contributed by atoms with Crippen LogP contribution in [0, 0.1) is 0 Å². The lowest BCUT2D eigenvalue weighted by molar-refractivity contribution is 0.0950. The number of aromatic amines is 1. The molecule has 0 bridgehead atoms. The maximum Gasteiger partial charge on any atom is 0.289 e. The van der Waals surface area contributed by atoms with Crippen molar-refractivity contribution in [2.24, 2.45) is 5.10 Å². The van der Waals surface area contributed by atoms with Crippen LogP contribution in [0.1, 0.15) is 23.0 Å². The number of H-pyrrole nitrogens is 1. The maximum atomic E-state index is 12.4. The quantitative estimate of drug-likeness (QED) is 0.403. The van der Waals surface area contributed by atoms with E-state index in [1.54, 1.807) is 18.2 Å². The van der Waals surface area contributed by atoms with E-state index in [2.05, 4.69) is 20.7 Å². The molecule has 1 aromatic heterocycles. The van der Waals surface area contributed by atoms with Gasteiger partial charge >= 0.3 is 0 Å². The van der Waals surface area contributed by atoms with Gasteiger partial charge in [-0.05, 0) is 37.3 Å². The van der Waals surface area contributed by atoms with Crippen molar-refractivity contribution in [3.63, 3.8) is 0 Å². The predicted molar refractivity (Wildman–Crippen MR) is 116 cm³/mol. The second kappa shape index (κ2) is 10.1. The third-order valence-corrected chi connectivity index (χ3v) is 4.35. The first-order chi connectivity index (χ1) is 15.1. The highest BCUT2D eigenvalue weighted by Gasteiger charge is 2.14. The van der Waals surface area contributed by atoms with Gasteiger partial charge in [-0.3, -0.25) is 9.89 Å². The standard InChI is InChI=1S/C22H24N4O5/c1-5-31-18-9-7-6-8-15(18)16-12-17(25-24-16)22(27)26-23-13-14-10-19(28-2)21(30-4)20(11-14)29-3/h6-13H,5H2,1-4H3,(H,24,25)(H,26,27)/b23-13-. The summed E-state index contributed by atoms with van der Waals surface area (Å²) in [6.45, 7) is 2.44. The van der Waals surface area contributed by atoms with Crippen LogP contribution in [0.25, 0.3) is 11.3 Å². The number of nitrogens with zero attached hydrogens (tertiary/aromatic N) is 2. The first-order valence-electron chi connectivity index (χ1n) is 9.52. The number of hydrogen-bond acceptors (Lipinski definition) is 7. The van der Waals surface area contributed by atoms with E-state index in [1.165, 1.54) is 27.5 Å². The number of aromatic nitrogens is 2. The zero-order valence-electron chi connectivity index (χ0n) is 17.8. The van der Waals surface area contributed by atoms with Gasteiger partial charge in [-0.25, -0.2) is 5.43 Å². The van der Waals surface area contributed by atoms with Gasteiger partial charge in [-0.15, -0.1) is 0 Å². The summed E-state index contributed by atoms with van der Waals surface area (Å²) >= 11 is 0. The van der Waals surface area contributed by atoms with E-state index in [1.807, 2.05) is 31.2 Å². The Morgan fingerprint density at radius 1 is 1.06 bits per heavy atom. The smallest absolute Gasteiger partial charge is 0.289 e. The normalized spacial score (nSPS) is 10.7. The molecule has 9 nitrogen and oxygen atoms in total. The first-order valence-corrected chi connectivity index (χ1v) is 9.52. The number of ether oxygens (including phenoxy) is 4. The van der Waals surface area contributed by atoms with Crippen molar-refractivity contribution < 1.29 is 23.7 Å². The third-order valence-electron chi connectivity index (χ3n) is 4.35. The summed E-state index contributed by atoms with van der Waals surface area (Å²) in [5, 5.41) is 10.9. The number of benzene rings is 2. The van der Waals surface area contributed by atoms with E-state index < -0.39 is 5.91 Å². The Bertz CT molecular complexity index is 1050. The molecule has 2 aromatic carbocycles.